The molecule has 0 spiro atoms. The second-order valence-corrected chi connectivity index (χ2v) is 5.17. The smallest absolute Gasteiger partial charge is 0.129 e. The molecule has 0 radical (unpaired) electrons. The van der Waals surface area contributed by atoms with Crippen LogP contribution in [0.2, 0.25) is 0 Å². The van der Waals surface area contributed by atoms with Crippen LogP contribution in [0.3, 0.4) is 0 Å². The number of nitrogens with zero attached hydrogens (tertiary/aromatic N) is 1. The van der Waals surface area contributed by atoms with Crippen molar-refractivity contribution in [1.82, 2.24) is 5.32 Å². The van der Waals surface area contributed by atoms with Gasteiger partial charge in [0, 0.05) is 12.6 Å². The molecule has 102 valence electrons. The summed E-state index contributed by atoms with van der Waals surface area (Å²) in [5, 5.41) is 6.97. The number of benzene rings is 2. The fraction of sp³-hybridized carbons (Fsp3) is 0.250. The molecule has 2 N–H and O–H groups in total. The minimum atomic E-state index is 0.415. The summed E-state index contributed by atoms with van der Waals surface area (Å²) in [6, 6.07) is 16.1. The Kier molecular flexibility index (Phi) is 2.74. The van der Waals surface area contributed by atoms with E-state index in [0.29, 0.717) is 6.17 Å². The van der Waals surface area contributed by atoms with Crippen molar-refractivity contribution >= 4 is 11.4 Å². The Bertz CT molecular complexity index is 614. The third kappa shape index (κ3) is 1.98. The van der Waals surface area contributed by atoms with E-state index in [-0.39, 0.29) is 0 Å². The van der Waals surface area contributed by atoms with Crippen LogP contribution in [0.1, 0.15) is 6.42 Å². The summed E-state index contributed by atoms with van der Waals surface area (Å²) in [5.74, 6) is 1.75. The fourth-order valence-electron chi connectivity index (χ4n) is 2.85. The van der Waals surface area contributed by atoms with Crippen molar-refractivity contribution in [2.24, 2.45) is 0 Å². The standard InChI is InChI=1S/C16H17N3O/c1-2-4-12(5-3-1)20-13-6-7-14-15(10-13)19-11-17-9-8-16(19)18-14/h1-7,10,16-18H,8-9,11H2. The minimum absolute atomic E-state index is 0.415. The largest absolute Gasteiger partial charge is 0.457 e. The van der Waals surface area contributed by atoms with Gasteiger partial charge in [-0.2, -0.15) is 0 Å². The van der Waals surface area contributed by atoms with Gasteiger partial charge in [0.25, 0.3) is 0 Å². The van der Waals surface area contributed by atoms with Gasteiger partial charge in [0.15, 0.2) is 0 Å². The van der Waals surface area contributed by atoms with Crippen LogP contribution in [0, 0.1) is 0 Å². The topological polar surface area (TPSA) is 36.5 Å². The Morgan fingerprint density at radius 1 is 1.05 bits per heavy atom. The quantitative estimate of drug-likeness (QED) is 0.877. The van der Waals surface area contributed by atoms with Gasteiger partial charge in [0.1, 0.15) is 17.7 Å². The van der Waals surface area contributed by atoms with Crippen LogP contribution in [-0.4, -0.2) is 19.4 Å². The summed E-state index contributed by atoms with van der Waals surface area (Å²) in [7, 11) is 0. The Balaban J connectivity index is 1.62. The summed E-state index contributed by atoms with van der Waals surface area (Å²) >= 11 is 0. The monoisotopic (exact) mass is 267 g/mol. The van der Waals surface area contributed by atoms with Gasteiger partial charge in [-0.1, -0.05) is 18.2 Å². The molecular formula is C16H17N3O. The molecule has 4 nitrogen and oxygen atoms in total. The lowest BCUT2D eigenvalue weighted by Crippen LogP contribution is -2.48. The first-order valence-electron chi connectivity index (χ1n) is 7.01. The molecule has 0 aliphatic carbocycles. The summed E-state index contributed by atoms with van der Waals surface area (Å²) in [6.07, 6.45) is 1.53. The van der Waals surface area contributed by atoms with Crippen LogP contribution < -0.4 is 20.3 Å². The van der Waals surface area contributed by atoms with Crippen LogP contribution in [0.5, 0.6) is 11.5 Å². The van der Waals surface area contributed by atoms with Crippen LogP contribution in [-0.2, 0) is 0 Å². The molecule has 1 saturated heterocycles. The molecule has 1 fully saturated rings. The van der Waals surface area contributed by atoms with E-state index in [1.165, 1.54) is 11.4 Å². The highest BCUT2D eigenvalue weighted by atomic mass is 16.5. The number of ether oxygens (including phenoxy) is 1. The second kappa shape index (κ2) is 4.72. The Hall–Kier alpha value is -2.20. The zero-order valence-electron chi connectivity index (χ0n) is 11.2. The molecule has 2 aliphatic heterocycles. The van der Waals surface area contributed by atoms with Gasteiger partial charge in [0.2, 0.25) is 0 Å². The molecule has 0 saturated carbocycles. The summed E-state index contributed by atoms with van der Waals surface area (Å²) in [6.45, 7) is 1.95. The van der Waals surface area contributed by atoms with Crippen molar-refractivity contribution in [3.63, 3.8) is 0 Å². The van der Waals surface area contributed by atoms with E-state index >= 15 is 0 Å². The van der Waals surface area contributed by atoms with Crippen LogP contribution in [0.4, 0.5) is 11.4 Å². The van der Waals surface area contributed by atoms with Crippen LogP contribution in [0.15, 0.2) is 48.5 Å². The predicted molar refractivity (Wildman–Crippen MR) is 80.3 cm³/mol. The Labute approximate surface area is 118 Å². The van der Waals surface area contributed by atoms with Crippen molar-refractivity contribution in [3.8, 4) is 11.5 Å². The lowest BCUT2D eigenvalue weighted by molar-refractivity contribution is 0.479. The van der Waals surface area contributed by atoms with Gasteiger partial charge in [-0.3, -0.25) is 5.32 Å². The highest BCUT2D eigenvalue weighted by Gasteiger charge is 2.30. The normalized spacial score (nSPS) is 20.0. The molecular weight excluding hydrogens is 250 g/mol. The van der Waals surface area contributed by atoms with Crippen molar-refractivity contribution in [1.29, 1.82) is 0 Å². The number of nitrogens with one attached hydrogen (secondary N) is 2. The number of hydrogen-bond donors (Lipinski definition) is 2. The molecule has 0 aromatic heterocycles. The number of fused-ring (bicyclic) bond motifs is 3. The van der Waals surface area contributed by atoms with Gasteiger partial charge in [0.05, 0.1) is 18.0 Å². The van der Waals surface area contributed by atoms with E-state index in [0.717, 1.165) is 31.1 Å². The van der Waals surface area contributed by atoms with Crippen molar-refractivity contribution in [2.75, 3.05) is 23.4 Å². The third-order valence-corrected chi connectivity index (χ3v) is 3.83. The zero-order chi connectivity index (χ0) is 13.4. The fourth-order valence-corrected chi connectivity index (χ4v) is 2.85. The highest BCUT2D eigenvalue weighted by molar-refractivity contribution is 5.77. The lowest BCUT2D eigenvalue weighted by Gasteiger charge is -2.31. The maximum atomic E-state index is 5.91. The van der Waals surface area contributed by atoms with Crippen molar-refractivity contribution < 1.29 is 4.74 Å². The van der Waals surface area contributed by atoms with Crippen LogP contribution in [0.25, 0.3) is 0 Å². The maximum Gasteiger partial charge on any atom is 0.129 e. The van der Waals surface area contributed by atoms with E-state index in [2.05, 4.69) is 27.7 Å². The average molecular weight is 267 g/mol. The van der Waals surface area contributed by atoms with Gasteiger partial charge in [-0.25, -0.2) is 0 Å². The maximum absolute atomic E-state index is 5.91. The van der Waals surface area contributed by atoms with Gasteiger partial charge in [-0.05, 0) is 30.7 Å². The van der Waals surface area contributed by atoms with Gasteiger partial charge >= 0.3 is 0 Å². The molecule has 4 heteroatoms. The van der Waals surface area contributed by atoms with E-state index in [4.69, 9.17) is 4.74 Å². The molecule has 2 aliphatic rings. The van der Waals surface area contributed by atoms with Gasteiger partial charge in [-0.15, -0.1) is 0 Å². The Morgan fingerprint density at radius 3 is 2.85 bits per heavy atom. The highest BCUT2D eigenvalue weighted by Crippen LogP contribution is 2.39. The molecule has 2 aromatic carbocycles. The lowest BCUT2D eigenvalue weighted by atomic mass is 10.2. The summed E-state index contributed by atoms with van der Waals surface area (Å²) in [5.41, 5.74) is 2.41. The first-order chi connectivity index (χ1) is 9.90. The molecule has 0 amide bonds. The zero-order valence-corrected chi connectivity index (χ0v) is 11.2. The van der Waals surface area contributed by atoms with Crippen molar-refractivity contribution in [2.45, 2.75) is 12.6 Å². The molecule has 20 heavy (non-hydrogen) atoms. The van der Waals surface area contributed by atoms with E-state index in [1.54, 1.807) is 0 Å². The molecule has 2 heterocycles. The molecule has 4 rings (SSSR count). The first-order valence-corrected chi connectivity index (χ1v) is 7.01. The predicted octanol–water partition coefficient (Wildman–Crippen LogP) is 2.99. The van der Waals surface area contributed by atoms with Gasteiger partial charge < -0.3 is 15.0 Å². The number of para-hydroxylation sites is 1. The number of anilines is 2. The molecule has 1 atom stereocenters. The van der Waals surface area contributed by atoms with Crippen molar-refractivity contribution in [3.05, 3.63) is 48.5 Å². The van der Waals surface area contributed by atoms with E-state index in [1.807, 2.05) is 36.4 Å². The third-order valence-electron chi connectivity index (χ3n) is 3.83. The molecule has 2 aromatic rings. The van der Waals surface area contributed by atoms with E-state index < -0.39 is 0 Å². The summed E-state index contributed by atoms with van der Waals surface area (Å²) in [4.78, 5) is 2.36. The number of rotatable bonds is 2. The molecule has 0 bridgehead atoms. The Morgan fingerprint density at radius 2 is 1.95 bits per heavy atom. The SMILES string of the molecule is c1ccc(Oc2ccc3c(c2)N2CNCCC2N3)cc1. The average Bonchev–Trinajstić information content (AvgIpc) is 2.86. The minimum Gasteiger partial charge on any atom is -0.457 e. The first kappa shape index (κ1) is 11.6. The second-order valence-electron chi connectivity index (χ2n) is 5.17. The number of hydrogen-bond acceptors (Lipinski definition) is 4. The van der Waals surface area contributed by atoms with E-state index in [9.17, 15) is 0 Å². The summed E-state index contributed by atoms with van der Waals surface area (Å²) < 4.78 is 5.91. The molecule has 1 unspecified atom stereocenters. The van der Waals surface area contributed by atoms with Crippen LogP contribution >= 0.6 is 0 Å².